The molecule has 1 heterocycles. The minimum atomic E-state index is 0.558. The van der Waals surface area contributed by atoms with Gasteiger partial charge in [-0.05, 0) is 50.6 Å². The van der Waals surface area contributed by atoms with Crippen LogP contribution in [-0.4, -0.2) is 43.1 Å². The lowest BCUT2D eigenvalue weighted by Gasteiger charge is -2.27. The first-order valence-corrected chi connectivity index (χ1v) is 8.27. The van der Waals surface area contributed by atoms with E-state index in [4.69, 9.17) is 5.73 Å². The second-order valence-electron chi connectivity index (χ2n) is 6.86. The highest BCUT2D eigenvalue weighted by Crippen LogP contribution is 2.18. The van der Waals surface area contributed by atoms with Gasteiger partial charge in [-0.3, -0.25) is 9.89 Å². The van der Waals surface area contributed by atoms with E-state index in [0.29, 0.717) is 23.8 Å². The van der Waals surface area contributed by atoms with E-state index in [1.807, 2.05) is 0 Å². The Labute approximate surface area is 125 Å². The zero-order valence-corrected chi connectivity index (χ0v) is 13.9. The molecule has 1 atom stereocenters. The molecule has 20 heavy (non-hydrogen) atoms. The van der Waals surface area contributed by atoms with Crippen LogP contribution in [-0.2, 0) is 0 Å². The summed E-state index contributed by atoms with van der Waals surface area (Å²) in [5, 5.41) is 3.22. The number of guanidine groups is 1. The molecule has 1 aliphatic heterocycles. The van der Waals surface area contributed by atoms with Crippen molar-refractivity contribution in [3.63, 3.8) is 0 Å². The van der Waals surface area contributed by atoms with Crippen LogP contribution in [0, 0.1) is 11.8 Å². The standard InChI is InChI=1S/C16H34N4/c1-13(2)7-8-18-16(17)19-12-15(11-14(3)4)20-9-5-6-10-20/h13-15H,5-12H2,1-4H3,(H3,17,18,19). The van der Waals surface area contributed by atoms with Crippen molar-refractivity contribution in [1.29, 1.82) is 0 Å². The zero-order valence-electron chi connectivity index (χ0n) is 13.9. The van der Waals surface area contributed by atoms with Gasteiger partial charge in [-0.25, -0.2) is 0 Å². The van der Waals surface area contributed by atoms with Crippen LogP contribution >= 0.6 is 0 Å². The highest BCUT2D eigenvalue weighted by molar-refractivity contribution is 5.77. The second-order valence-corrected chi connectivity index (χ2v) is 6.86. The molecule has 0 saturated carbocycles. The van der Waals surface area contributed by atoms with Crippen LogP contribution in [0.4, 0.5) is 0 Å². The van der Waals surface area contributed by atoms with Crippen molar-refractivity contribution in [2.75, 3.05) is 26.2 Å². The number of nitrogens with zero attached hydrogens (tertiary/aromatic N) is 2. The summed E-state index contributed by atoms with van der Waals surface area (Å²) in [4.78, 5) is 7.15. The van der Waals surface area contributed by atoms with Crippen molar-refractivity contribution in [3.05, 3.63) is 0 Å². The van der Waals surface area contributed by atoms with Crippen LogP contribution in [0.15, 0.2) is 4.99 Å². The number of nitrogens with two attached hydrogens (primary N) is 1. The van der Waals surface area contributed by atoms with Gasteiger partial charge in [-0.2, -0.15) is 0 Å². The fourth-order valence-electron chi connectivity index (χ4n) is 2.74. The molecule has 118 valence electrons. The van der Waals surface area contributed by atoms with Gasteiger partial charge in [-0.1, -0.05) is 27.7 Å². The molecule has 0 aromatic heterocycles. The third-order valence-corrected chi connectivity index (χ3v) is 3.90. The fraction of sp³-hybridized carbons (Fsp3) is 0.938. The third kappa shape index (κ3) is 7.13. The van der Waals surface area contributed by atoms with E-state index in [1.54, 1.807) is 0 Å². The quantitative estimate of drug-likeness (QED) is 0.531. The number of hydrogen-bond acceptors (Lipinski definition) is 2. The molecule has 1 unspecified atom stereocenters. The average Bonchev–Trinajstić information content (AvgIpc) is 2.87. The van der Waals surface area contributed by atoms with Gasteiger partial charge in [-0.15, -0.1) is 0 Å². The molecule has 4 nitrogen and oxygen atoms in total. The molecule has 1 rings (SSSR count). The lowest BCUT2D eigenvalue weighted by Crippen LogP contribution is -2.39. The molecule has 1 fully saturated rings. The van der Waals surface area contributed by atoms with Crippen LogP contribution in [0.3, 0.4) is 0 Å². The second kappa shape index (κ2) is 9.22. The lowest BCUT2D eigenvalue weighted by atomic mass is 10.0. The Bertz CT molecular complexity index is 280. The van der Waals surface area contributed by atoms with Crippen molar-refractivity contribution in [3.8, 4) is 0 Å². The van der Waals surface area contributed by atoms with Gasteiger partial charge < -0.3 is 11.1 Å². The van der Waals surface area contributed by atoms with E-state index >= 15 is 0 Å². The predicted octanol–water partition coefficient (Wildman–Crippen LogP) is 2.45. The molecule has 1 aliphatic rings. The van der Waals surface area contributed by atoms with E-state index in [9.17, 15) is 0 Å². The fourth-order valence-corrected chi connectivity index (χ4v) is 2.74. The van der Waals surface area contributed by atoms with Crippen LogP contribution in [0.25, 0.3) is 0 Å². The topological polar surface area (TPSA) is 53.6 Å². The minimum Gasteiger partial charge on any atom is -0.370 e. The summed E-state index contributed by atoms with van der Waals surface area (Å²) in [5.41, 5.74) is 5.96. The molecule has 0 spiro atoms. The lowest BCUT2D eigenvalue weighted by molar-refractivity contribution is 0.218. The van der Waals surface area contributed by atoms with E-state index in [0.717, 1.165) is 19.5 Å². The molecule has 3 N–H and O–H groups in total. The molecule has 4 heteroatoms. The summed E-state index contributed by atoms with van der Waals surface area (Å²) >= 11 is 0. The van der Waals surface area contributed by atoms with Crippen molar-refractivity contribution >= 4 is 5.96 Å². The van der Waals surface area contributed by atoms with Crippen molar-refractivity contribution in [2.24, 2.45) is 22.6 Å². The molecular formula is C16H34N4. The highest BCUT2D eigenvalue weighted by atomic mass is 15.2. The maximum absolute atomic E-state index is 5.96. The molecule has 0 aromatic rings. The number of hydrogen-bond donors (Lipinski definition) is 2. The Morgan fingerprint density at radius 1 is 1.15 bits per heavy atom. The zero-order chi connectivity index (χ0) is 15.0. The summed E-state index contributed by atoms with van der Waals surface area (Å²) in [6.07, 6.45) is 5.02. The Morgan fingerprint density at radius 2 is 1.80 bits per heavy atom. The Morgan fingerprint density at radius 3 is 2.35 bits per heavy atom. The van der Waals surface area contributed by atoms with Crippen LogP contribution in [0.1, 0.15) is 53.4 Å². The van der Waals surface area contributed by atoms with Crippen LogP contribution < -0.4 is 11.1 Å². The first kappa shape index (κ1) is 17.3. The van der Waals surface area contributed by atoms with Gasteiger partial charge in [0.2, 0.25) is 0 Å². The van der Waals surface area contributed by atoms with Gasteiger partial charge in [0.15, 0.2) is 5.96 Å². The molecule has 0 amide bonds. The van der Waals surface area contributed by atoms with Crippen LogP contribution in [0.5, 0.6) is 0 Å². The summed E-state index contributed by atoms with van der Waals surface area (Å²) in [7, 11) is 0. The summed E-state index contributed by atoms with van der Waals surface area (Å²) < 4.78 is 0. The van der Waals surface area contributed by atoms with E-state index in [-0.39, 0.29) is 0 Å². The van der Waals surface area contributed by atoms with E-state index < -0.39 is 0 Å². The number of likely N-dealkylation sites (tertiary alicyclic amines) is 1. The number of rotatable bonds is 8. The van der Waals surface area contributed by atoms with Crippen molar-refractivity contribution in [2.45, 2.75) is 59.4 Å². The summed E-state index contributed by atoms with van der Waals surface area (Å²) in [6, 6.07) is 0.558. The maximum Gasteiger partial charge on any atom is 0.188 e. The predicted molar refractivity (Wildman–Crippen MR) is 88.0 cm³/mol. The van der Waals surface area contributed by atoms with E-state index in [1.165, 1.54) is 32.4 Å². The largest absolute Gasteiger partial charge is 0.370 e. The SMILES string of the molecule is CC(C)CCNC(N)=NCC(CC(C)C)N1CCCC1. The first-order valence-electron chi connectivity index (χ1n) is 8.27. The highest BCUT2D eigenvalue weighted by Gasteiger charge is 2.22. The van der Waals surface area contributed by atoms with Gasteiger partial charge >= 0.3 is 0 Å². The molecule has 0 aromatic carbocycles. The van der Waals surface area contributed by atoms with Gasteiger partial charge in [0, 0.05) is 12.6 Å². The molecular weight excluding hydrogens is 248 g/mol. The van der Waals surface area contributed by atoms with Gasteiger partial charge in [0.05, 0.1) is 6.54 Å². The minimum absolute atomic E-state index is 0.558. The summed E-state index contributed by atoms with van der Waals surface area (Å²) in [5.74, 6) is 2.03. The third-order valence-electron chi connectivity index (χ3n) is 3.90. The van der Waals surface area contributed by atoms with E-state index in [2.05, 4.69) is 42.9 Å². The smallest absolute Gasteiger partial charge is 0.188 e. The Hall–Kier alpha value is -0.770. The van der Waals surface area contributed by atoms with Gasteiger partial charge in [0.25, 0.3) is 0 Å². The maximum atomic E-state index is 5.96. The normalized spacial score (nSPS) is 19.0. The van der Waals surface area contributed by atoms with Gasteiger partial charge in [0.1, 0.15) is 0 Å². The van der Waals surface area contributed by atoms with Crippen molar-refractivity contribution < 1.29 is 0 Å². The number of nitrogens with one attached hydrogen (secondary N) is 1. The first-order chi connectivity index (χ1) is 9.49. The van der Waals surface area contributed by atoms with Crippen molar-refractivity contribution in [1.82, 2.24) is 10.2 Å². The number of aliphatic imine (C=N–C) groups is 1. The van der Waals surface area contributed by atoms with Crippen LogP contribution in [0.2, 0.25) is 0 Å². The Kier molecular flexibility index (Phi) is 7.97. The summed E-state index contributed by atoms with van der Waals surface area (Å²) in [6.45, 7) is 13.2. The monoisotopic (exact) mass is 282 g/mol. The molecule has 0 aliphatic carbocycles. The molecule has 1 saturated heterocycles. The Balaban J connectivity index is 2.39. The molecule has 0 bridgehead atoms. The molecule has 0 radical (unpaired) electrons. The average molecular weight is 282 g/mol.